The Morgan fingerprint density at radius 3 is 2.36 bits per heavy atom. The van der Waals surface area contributed by atoms with Crippen molar-refractivity contribution in [1.29, 1.82) is 0 Å². The van der Waals surface area contributed by atoms with E-state index in [9.17, 15) is 9.00 Å². The number of amides is 1. The third kappa shape index (κ3) is 5.31. The van der Waals surface area contributed by atoms with Crippen LogP contribution in [-0.2, 0) is 14.7 Å². The molecule has 0 heterocycles. The van der Waals surface area contributed by atoms with E-state index in [1.807, 2.05) is 13.8 Å². The minimum absolute atomic E-state index is 0.160. The molecule has 14 heavy (non-hydrogen) atoms. The Labute approximate surface area is 85.5 Å². The maximum absolute atomic E-state index is 11.3. The predicted octanol–water partition coefficient (Wildman–Crippen LogP) is 0.248. The number of rotatable bonds is 4. The maximum atomic E-state index is 11.3. The molecule has 4 N–H and O–H groups in total. The zero-order valence-corrected chi connectivity index (χ0v) is 9.71. The van der Waals surface area contributed by atoms with Crippen molar-refractivity contribution in [3.05, 3.63) is 0 Å². The summed E-state index contributed by atoms with van der Waals surface area (Å²) in [7, 11) is -2.85. The van der Waals surface area contributed by atoms with Gasteiger partial charge in [0.05, 0.1) is 6.04 Å². The Morgan fingerprint density at radius 2 is 2.00 bits per heavy atom. The molecule has 0 rings (SSSR count). The summed E-state index contributed by atoms with van der Waals surface area (Å²) in [5.41, 5.74) is 5.56. The zero-order chi connectivity index (χ0) is 11.4. The van der Waals surface area contributed by atoms with Gasteiger partial charge in [0.25, 0.3) is 5.91 Å². The highest BCUT2D eigenvalue weighted by atomic mass is 32.2. The van der Waals surface area contributed by atoms with E-state index in [0.717, 1.165) is 0 Å². The van der Waals surface area contributed by atoms with Gasteiger partial charge < -0.3 is 5.73 Å². The Hall–Kier alpha value is -0.460. The highest BCUT2D eigenvalue weighted by molar-refractivity contribution is 7.91. The molecular weight excluding hydrogens is 202 g/mol. The standard InChI is InChI=1S/C8H19N3O2S/c1-4-14(10,13)11-8(12)7(9)5-6(2)3/h6-7H,4-5,9H2,1-3H3,(H2,10,11,12,13)/t7-,14?/m0/s1. The number of nitrogens with zero attached hydrogens (tertiary/aromatic N) is 1. The molecule has 0 aromatic carbocycles. The molecule has 0 aromatic rings. The molecule has 0 aliphatic rings. The minimum atomic E-state index is -2.85. The van der Waals surface area contributed by atoms with E-state index in [1.165, 1.54) is 0 Å². The topological polar surface area (TPSA) is 98.5 Å². The molecule has 0 saturated heterocycles. The van der Waals surface area contributed by atoms with Crippen molar-refractivity contribution in [2.75, 3.05) is 5.75 Å². The molecule has 1 unspecified atom stereocenters. The molecule has 0 spiro atoms. The molecule has 0 bridgehead atoms. The summed E-state index contributed by atoms with van der Waals surface area (Å²) in [6.45, 7) is 5.52. The average Bonchev–Trinajstić information content (AvgIpc) is 2.02. The van der Waals surface area contributed by atoms with Crippen LogP contribution in [0.3, 0.4) is 0 Å². The van der Waals surface area contributed by atoms with Gasteiger partial charge in [-0.05, 0) is 12.3 Å². The molecule has 2 atom stereocenters. The van der Waals surface area contributed by atoms with Crippen LogP contribution in [-0.4, -0.2) is 21.9 Å². The number of carbonyl (C=O) groups is 1. The lowest BCUT2D eigenvalue weighted by Crippen LogP contribution is -2.32. The van der Waals surface area contributed by atoms with Gasteiger partial charge in [0.2, 0.25) is 0 Å². The second-order valence-corrected chi connectivity index (χ2v) is 5.78. The number of nitrogens with two attached hydrogens (primary N) is 2. The highest BCUT2D eigenvalue weighted by Gasteiger charge is 2.15. The SMILES string of the molecule is CCS(N)(=O)=NC(=O)[C@@H](N)CC(C)C. The van der Waals surface area contributed by atoms with E-state index < -0.39 is 21.9 Å². The van der Waals surface area contributed by atoms with Gasteiger partial charge in [-0.3, -0.25) is 4.79 Å². The summed E-state index contributed by atoms with van der Waals surface area (Å²) in [5, 5.41) is 5.27. The summed E-state index contributed by atoms with van der Waals surface area (Å²) in [4.78, 5) is 11.3. The van der Waals surface area contributed by atoms with Crippen LogP contribution in [0.5, 0.6) is 0 Å². The van der Waals surface area contributed by atoms with Crippen molar-refractivity contribution >= 4 is 15.8 Å². The quantitative estimate of drug-likeness (QED) is 0.711. The van der Waals surface area contributed by atoms with Gasteiger partial charge in [-0.15, -0.1) is 4.36 Å². The molecule has 0 radical (unpaired) electrons. The van der Waals surface area contributed by atoms with Crippen molar-refractivity contribution in [2.24, 2.45) is 21.2 Å². The van der Waals surface area contributed by atoms with Crippen molar-refractivity contribution < 1.29 is 9.00 Å². The summed E-state index contributed by atoms with van der Waals surface area (Å²) < 4.78 is 14.7. The lowest BCUT2D eigenvalue weighted by molar-refractivity contribution is -0.119. The zero-order valence-electron chi connectivity index (χ0n) is 8.90. The van der Waals surface area contributed by atoms with Gasteiger partial charge in [-0.2, -0.15) is 0 Å². The molecule has 84 valence electrons. The Kier molecular flexibility index (Phi) is 5.25. The Balaban J connectivity index is 4.50. The molecule has 1 amide bonds. The normalized spacial score (nSPS) is 17.6. The first-order chi connectivity index (χ1) is 6.28. The first-order valence-electron chi connectivity index (χ1n) is 4.60. The first-order valence-corrected chi connectivity index (χ1v) is 6.35. The van der Waals surface area contributed by atoms with Crippen LogP contribution >= 0.6 is 0 Å². The maximum Gasteiger partial charge on any atom is 0.271 e. The molecule has 0 saturated carbocycles. The van der Waals surface area contributed by atoms with Gasteiger partial charge >= 0.3 is 0 Å². The second-order valence-electron chi connectivity index (χ2n) is 3.64. The van der Waals surface area contributed by atoms with Crippen LogP contribution in [0, 0.1) is 5.92 Å². The van der Waals surface area contributed by atoms with E-state index in [4.69, 9.17) is 10.9 Å². The molecule has 5 nitrogen and oxygen atoms in total. The second kappa shape index (κ2) is 5.43. The third-order valence-electron chi connectivity index (χ3n) is 1.70. The van der Waals surface area contributed by atoms with Gasteiger partial charge in [0.1, 0.15) is 9.92 Å². The Bertz CT molecular complexity index is 306. The molecule has 6 heteroatoms. The molecule has 0 fully saturated rings. The lowest BCUT2D eigenvalue weighted by atomic mass is 10.0. The fraction of sp³-hybridized carbons (Fsp3) is 0.875. The van der Waals surface area contributed by atoms with E-state index >= 15 is 0 Å². The van der Waals surface area contributed by atoms with Crippen LogP contribution in [0.4, 0.5) is 0 Å². The third-order valence-corrected chi connectivity index (χ3v) is 3.02. The molecule has 0 aromatic heterocycles. The fourth-order valence-corrected chi connectivity index (χ4v) is 1.46. The summed E-state index contributed by atoms with van der Waals surface area (Å²) in [6, 6.07) is -0.689. The van der Waals surface area contributed by atoms with Crippen molar-refractivity contribution in [1.82, 2.24) is 0 Å². The van der Waals surface area contributed by atoms with Crippen molar-refractivity contribution in [3.8, 4) is 0 Å². The van der Waals surface area contributed by atoms with Crippen LogP contribution in [0.25, 0.3) is 0 Å². The van der Waals surface area contributed by atoms with E-state index in [0.29, 0.717) is 12.3 Å². The van der Waals surface area contributed by atoms with E-state index in [2.05, 4.69) is 4.36 Å². The van der Waals surface area contributed by atoms with Crippen molar-refractivity contribution in [3.63, 3.8) is 0 Å². The van der Waals surface area contributed by atoms with E-state index in [1.54, 1.807) is 6.92 Å². The molecule has 0 aliphatic carbocycles. The van der Waals surface area contributed by atoms with Crippen LogP contribution in [0.1, 0.15) is 27.2 Å². The number of hydrogen-bond donors (Lipinski definition) is 2. The van der Waals surface area contributed by atoms with Crippen molar-refractivity contribution in [2.45, 2.75) is 33.2 Å². The Morgan fingerprint density at radius 1 is 1.50 bits per heavy atom. The summed E-state index contributed by atoms with van der Waals surface area (Å²) in [5.74, 6) is -0.0969. The summed E-state index contributed by atoms with van der Waals surface area (Å²) >= 11 is 0. The van der Waals surface area contributed by atoms with Gasteiger partial charge in [0.15, 0.2) is 0 Å². The van der Waals surface area contributed by atoms with Crippen LogP contribution in [0.15, 0.2) is 4.36 Å². The minimum Gasteiger partial charge on any atom is -0.320 e. The van der Waals surface area contributed by atoms with Gasteiger partial charge in [0, 0.05) is 5.75 Å². The van der Waals surface area contributed by atoms with E-state index in [-0.39, 0.29) is 5.75 Å². The highest BCUT2D eigenvalue weighted by Crippen LogP contribution is 2.04. The van der Waals surface area contributed by atoms with Crippen LogP contribution < -0.4 is 10.9 Å². The summed E-state index contributed by atoms with van der Waals surface area (Å²) in [6.07, 6.45) is 0.529. The first kappa shape index (κ1) is 13.5. The fourth-order valence-electron chi connectivity index (χ4n) is 0.893. The largest absolute Gasteiger partial charge is 0.320 e. The monoisotopic (exact) mass is 221 g/mol. The van der Waals surface area contributed by atoms with Crippen LogP contribution in [0.2, 0.25) is 0 Å². The van der Waals surface area contributed by atoms with Gasteiger partial charge in [-0.1, -0.05) is 20.8 Å². The number of carbonyl (C=O) groups excluding carboxylic acids is 1. The smallest absolute Gasteiger partial charge is 0.271 e. The number of hydrogen-bond acceptors (Lipinski definition) is 3. The molecular formula is C8H19N3O2S. The predicted molar refractivity (Wildman–Crippen MR) is 57.7 cm³/mol. The van der Waals surface area contributed by atoms with Gasteiger partial charge in [-0.25, -0.2) is 9.35 Å². The average molecular weight is 221 g/mol. The lowest BCUT2D eigenvalue weighted by Gasteiger charge is -2.10. The molecule has 0 aliphatic heterocycles.